The number of furan rings is 1. The monoisotopic (exact) mass is 571 g/mol. The van der Waals surface area contributed by atoms with E-state index in [0.717, 1.165) is 4.68 Å². The Bertz CT molecular complexity index is 2160. The molecule has 6 aromatic rings. The number of rotatable bonds is 8. The van der Waals surface area contributed by atoms with Crippen molar-refractivity contribution in [2.24, 2.45) is 5.10 Å². The first-order valence-corrected chi connectivity index (χ1v) is 13.0. The summed E-state index contributed by atoms with van der Waals surface area (Å²) in [5.74, 6) is 1.04. The molecular formula is C32H21N5O6. The predicted octanol–water partition coefficient (Wildman–Crippen LogP) is 6.06. The van der Waals surface area contributed by atoms with E-state index in [-0.39, 0.29) is 29.6 Å². The Morgan fingerprint density at radius 3 is 2.65 bits per heavy atom. The highest BCUT2D eigenvalue weighted by Gasteiger charge is 2.19. The van der Waals surface area contributed by atoms with Crippen LogP contribution in [0.15, 0.2) is 105 Å². The molecule has 210 valence electrons. The van der Waals surface area contributed by atoms with Crippen LogP contribution in [0.2, 0.25) is 0 Å². The Balaban J connectivity index is 1.40. The van der Waals surface area contributed by atoms with E-state index in [0.29, 0.717) is 44.3 Å². The number of nitro benzene ring substituents is 1. The van der Waals surface area contributed by atoms with Gasteiger partial charge in [-0.25, -0.2) is 4.98 Å². The lowest BCUT2D eigenvalue weighted by atomic mass is 10.1. The van der Waals surface area contributed by atoms with Gasteiger partial charge < -0.3 is 13.9 Å². The molecule has 0 atom stereocenters. The topological polar surface area (TPSA) is 146 Å². The number of nitro groups is 1. The SMILES string of the molecule is COc1cccc2oc(-c3nc4ccccc4c(=O)n3N=Cc3ccc(OCc4ccccc4C#N)c([N+](=O)[O-])c3)cc12. The second-order valence-electron chi connectivity index (χ2n) is 9.34. The molecule has 2 heterocycles. The minimum atomic E-state index is -0.570. The van der Waals surface area contributed by atoms with Gasteiger partial charge in [0.15, 0.2) is 11.5 Å². The van der Waals surface area contributed by atoms with Gasteiger partial charge in [0.2, 0.25) is 5.82 Å². The molecular weight excluding hydrogens is 550 g/mol. The fourth-order valence-corrected chi connectivity index (χ4v) is 4.63. The van der Waals surface area contributed by atoms with Crippen molar-refractivity contribution in [3.63, 3.8) is 0 Å². The number of hydrogen-bond acceptors (Lipinski definition) is 9. The Labute approximate surface area is 243 Å². The first kappa shape index (κ1) is 26.9. The molecule has 0 saturated heterocycles. The molecule has 0 unspecified atom stereocenters. The quantitative estimate of drug-likeness (QED) is 0.122. The number of fused-ring (bicyclic) bond motifs is 2. The van der Waals surface area contributed by atoms with Gasteiger partial charge in [-0.05, 0) is 48.5 Å². The van der Waals surface area contributed by atoms with Gasteiger partial charge in [-0.3, -0.25) is 14.9 Å². The van der Waals surface area contributed by atoms with E-state index < -0.39 is 10.5 Å². The highest BCUT2D eigenvalue weighted by molar-refractivity contribution is 5.89. The van der Waals surface area contributed by atoms with Crippen LogP contribution in [-0.4, -0.2) is 27.9 Å². The first-order chi connectivity index (χ1) is 21.0. The third-order valence-electron chi connectivity index (χ3n) is 6.74. The Morgan fingerprint density at radius 1 is 1.02 bits per heavy atom. The zero-order valence-electron chi connectivity index (χ0n) is 22.6. The maximum Gasteiger partial charge on any atom is 0.311 e. The molecule has 4 aromatic carbocycles. The van der Waals surface area contributed by atoms with E-state index in [1.165, 1.54) is 18.3 Å². The van der Waals surface area contributed by atoms with Crippen LogP contribution in [-0.2, 0) is 6.61 Å². The molecule has 0 N–H and O–H groups in total. The molecule has 0 amide bonds. The number of nitriles is 1. The minimum absolute atomic E-state index is 0.0244. The van der Waals surface area contributed by atoms with Gasteiger partial charge in [-0.1, -0.05) is 36.4 Å². The molecule has 0 aliphatic carbocycles. The molecule has 11 nitrogen and oxygen atoms in total. The number of methoxy groups -OCH3 is 1. The maximum absolute atomic E-state index is 13.6. The van der Waals surface area contributed by atoms with Gasteiger partial charge in [0.25, 0.3) is 5.56 Å². The van der Waals surface area contributed by atoms with E-state index >= 15 is 0 Å². The second kappa shape index (κ2) is 11.3. The summed E-state index contributed by atoms with van der Waals surface area (Å²) in [5.41, 5.74) is 1.61. The number of nitrogens with zero attached hydrogens (tertiary/aromatic N) is 5. The summed E-state index contributed by atoms with van der Waals surface area (Å²) in [6, 6.07) is 27.2. The van der Waals surface area contributed by atoms with E-state index in [1.807, 2.05) is 0 Å². The summed E-state index contributed by atoms with van der Waals surface area (Å²) in [4.78, 5) is 29.6. The molecule has 0 radical (unpaired) electrons. The van der Waals surface area contributed by atoms with Crippen LogP contribution in [0.4, 0.5) is 5.69 Å². The number of para-hydroxylation sites is 1. The lowest BCUT2D eigenvalue weighted by molar-refractivity contribution is -0.385. The van der Waals surface area contributed by atoms with Crippen molar-refractivity contribution in [3.8, 4) is 29.2 Å². The van der Waals surface area contributed by atoms with Crippen LogP contribution in [0, 0.1) is 21.4 Å². The second-order valence-corrected chi connectivity index (χ2v) is 9.34. The smallest absolute Gasteiger partial charge is 0.311 e. The van der Waals surface area contributed by atoms with Crippen LogP contribution in [0.1, 0.15) is 16.7 Å². The zero-order valence-corrected chi connectivity index (χ0v) is 22.6. The molecule has 0 aliphatic rings. The van der Waals surface area contributed by atoms with Crippen molar-refractivity contribution in [2.45, 2.75) is 6.61 Å². The normalized spacial score (nSPS) is 11.2. The average Bonchev–Trinajstić information content (AvgIpc) is 3.48. The van der Waals surface area contributed by atoms with Crippen molar-refractivity contribution < 1.29 is 18.8 Å². The standard InChI is InChI=1S/C32H21N5O6/c1-41-27-11-6-12-28-24(27)16-30(43-28)31-35-25-10-5-4-9-23(25)32(38)36(31)34-18-20-13-14-29(26(15-20)37(39)40)42-19-22-8-3-2-7-21(22)17-33/h2-16,18H,19H2,1H3. The van der Waals surface area contributed by atoms with Crippen molar-refractivity contribution in [3.05, 3.63) is 128 Å². The fraction of sp³-hybridized carbons (Fsp3) is 0.0625. The highest BCUT2D eigenvalue weighted by atomic mass is 16.6. The van der Waals surface area contributed by atoms with Crippen LogP contribution in [0.5, 0.6) is 11.5 Å². The summed E-state index contributed by atoms with van der Waals surface area (Å²) in [6.45, 7) is -0.0260. The van der Waals surface area contributed by atoms with Crippen LogP contribution in [0.25, 0.3) is 33.5 Å². The number of aromatic nitrogens is 2. The van der Waals surface area contributed by atoms with E-state index in [9.17, 15) is 20.2 Å². The Hall–Kier alpha value is -6.28. The molecule has 0 fully saturated rings. The average molecular weight is 572 g/mol. The van der Waals surface area contributed by atoms with Gasteiger partial charge in [0, 0.05) is 17.2 Å². The van der Waals surface area contributed by atoms with E-state index in [2.05, 4.69) is 16.2 Å². The fourth-order valence-electron chi connectivity index (χ4n) is 4.63. The number of ether oxygens (including phenoxy) is 2. The lowest BCUT2D eigenvalue weighted by Crippen LogP contribution is -2.20. The zero-order chi connectivity index (χ0) is 29.9. The highest BCUT2D eigenvalue weighted by Crippen LogP contribution is 2.33. The van der Waals surface area contributed by atoms with Gasteiger partial charge in [0.1, 0.15) is 17.9 Å². The van der Waals surface area contributed by atoms with Crippen LogP contribution in [0.3, 0.4) is 0 Å². The van der Waals surface area contributed by atoms with Crippen molar-refractivity contribution in [2.75, 3.05) is 7.11 Å². The van der Waals surface area contributed by atoms with E-state index in [1.54, 1.807) is 86.0 Å². The third-order valence-corrected chi connectivity index (χ3v) is 6.74. The van der Waals surface area contributed by atoms with Crippen molar-refractivity contribution in [1.82, 2.24) is 9.66 Å². The summed E-state index contributed by atoms with van der Waals surface area (Å²) in [6.07, 6.45) is 1.33. The summed E-state index contributed by atoms with van der Waals surface area (Å²) >= 11 is 0. The summed E-state index contributed by atoms with van der Waals surface area (Å²) < 4.78 is 18.3. The van der Waals surface area contributed by atoms with Gasteiger partial charge in [-0.15, -0.1) is 0 Å². The maximum atomic E-state index is 13.6. The van der Waals surface area contributed by atoms with Gasteiger partial charge in [0.05, 0.1) is 46.2 Å². The molecule has 0 spiro atoms. The molecule has 0 aliphatic heterocycles. The largest absolute Gasteiger partial charge is 0.496 e. The van der Waals surface area contributed by atoms with Crippen LogP contribution >= 0.6 is 0 Å². The summed E-state index contributed by atoms with van der Waals surface area (Å²) in [5, 5.41) is 26.6. The van der Waals surface area contributed by atoms with Gasteiger partial charge >= 0.3 is 5.69 Å². The number of hydrogen-bond donors (Lipinski definition) is 0. The molecule has 2 aromatic heterocycles. The number of benzene rings is 4. The predicted molar refractivity (Wildman–Crippen MR) is 159 cm³/mol. The molecule has 43 heavy (non-hydrogen) atoms. The Morgan fingerprint density at radius 2 is 1.84 bits per heavy atom. The molecule has 6 rings (SSSR count). The van der Waals surface area contributed by atoms with E-state index in [4.69, 9.17) is 13.9 Å². The lowest BCUT2D eigenvalue weighted by Gasteiger charge is -2.09. The molecule has 0 bridgehead atoms. The van der Waals surface area contributed by atoms with Gasteiger partial charge in [-0.2, -0.15) is 15.0 Å². The minimum Gasteiger partial charge on any atom is -0.496 e. The molecule has 11 heteroatoms. The van der Waals surface area contributed by atoms with Crippen LogP contribution < -0.4 is 15.0 Å². The molecule has 0 saturated carbocycles. The van der Waals surface area contributed by atoms with Crippen molar-refractivity contribution in [1.29, 1.82) is 5.26 Å². The summed E-state index contributed by atoms with van der Waals surface area (Å²) in [7, 11) is 1.55. The van der Waals surface area contributed by atoms with Crippen molar-refractivity contribution >= 4 is 33.8 Å². The third kappa shape index (κ3) is 5.16. The Kier molecular flexibility index (Phi) is 7.08. The first-order valence-electron chi connectivity index (χ1n) is 13.0.